The third-order valence-electron chi connectivity index (χ3n) is 5.41. The molecule has 0 fully saturated rings. The molecular weight excluding hydrogens is 380 g/mol. The van der Waals surface area contributed by atoms with E-state index in [1.165, 1.54) is 17.0 Å². The first-order chi connectivity index (χ1) is 14.7. The van der Waals surface area contributed by atoms with E-state index in [9.17, 15) is 9.59 Å². The molecule has 0 unspecified atom stereocenters. The van der Waals surface area contributed by atoms with Crippen molar-refractivity contribution < 1.29 is 8.83 Å². The third-order valence-corrected chi connectivity index (χ3v) is 5.41. The summed E-state index contributed by atoms with van der Waals surface area (Å²) in [5, 5.41) is 3.59. The number of nitrogens with zero attached hydrogens (tertiary/aromatic N) is 2. The Kier molecular flexibility index (Phi) is 3.43. The predicted octanol–water partition coefficient (Wildman–Crippen LogP) is 4.45. The van der Waals surface area contributed by atoms with Crippen molar-refractivity contribution in [3.8, 4) is 0 Å². The van der Waals surface area contributed by atoms with Gasteiger partial charge in [-0.05, 0) is 34.5 Å². The fourth-order valence-electron chi connectivity index (χ4n) is 4.06. The highest BCUT2D eigenvalue weighted by Crippen LogP contribution is 2.28. The van der Waals surface area contributed by atoms with Gasteiger partial charge in [0.05, 0.1) is 12.9 Å². The van der Waals surface area contributed by atoms with Gasteiger partial charge in [-0.1, -0.05) is 42.5 Å². The van der Waals surface area contributed by atoms with Crippen molar-refractivity contribution in [1.29, 1.82) is 0 Å². The average Bonchev–Trinajstić information content (AvgIpc) is 3.15. The van der Waals surface area contributed by atoms with E-state index in [0.29, 0.717) is 22.2 Å². The van der Waals surface area contributed by atoms with Crippen LogP contribution in [0, 0.1) is 0 Å². The maximum Gasteiger partial charge on any atom is 0.336 e. The largest absolute Gasteiger partial charge is 0.448 e. The van der Waals surface area contributed by atoms with Crippen molar-refractivity contribution in [3.63, 3.8) is 0 Å². The molecule has 3 heterocycles. The number of fused-ring (bicyclic) bond motifs is 6. The number of aromatic nitrogens is 2. The highest BCUT2D eigenvalue weighted by Gasteiger charge is 2.15. The number of furan rings is 1. The molecule has 0 aliphatic heterocycles. The van der Waals surface area contributed by atoms with E-state index in [-0.39, 0.29) is 17.7 Å². The molecule has 6 heteroatoms. The number of hydrogen-bond donors (Lipinski definition) is 0. The quantitative estimate of drug-likeness (QED) is 0.320. The fourth-order valence-corrected chi connectivity index (χ4v) is 4.06. The van der Waals surface area contributed by atoms with Gasteiger partial charge in [0, 0.05) is 16.8 Å². The monoisotopic (exact) mass is 394 g/mol. The van der Waals surface area contributed by atoms with Gasteiger partial charge in [0.2, 0.25) is 5.58 Å². The Balaban J connectivity index is 1.60. The van der Waals surface area contributed by atoms with Crippen molar-refractivity contribution >= 4 is 43.8 Å². The minimum Gasteiger partial charge on any atom is -0.448 e. The molecule has 6 nitrogen and oxygen atoms in total. The third kappa shape index (κ3) is 2.40. The molecule has 0 saturated heterocycles. The minimum atomic E-state index is -0.460. The minimum absolute atomic E-state index is 0.176. The van der Waals surface area contributed by atoms with Crippen LogP contribution in [0.2, 0.25) is 0 Å². The first kappa shape index (κ1) is 16.7. The molecule has 0 radical (unpaired) electrons. The summed E-state index contributed by atoms with van der Waals surface area (Å²) >= 11 is 0. The van der Waals surface area contributed by atoms with E-state index in [1.54, 1.807) is 6.07 Å². The summed E-state index contributed by atoms with van der Waals surface area (Å²) in [5.74, 6) is 0. The molecule has 144 valence electrons. The normalized spacial score (nSPS) is 11.7. The Morgan fingerprint density at radius 1 is 0.833 bits per heavy atom. The summed E-state index contributed by atoms with van der Waals surface area (Å²) < 4.78 is 12.6. The smallest absolute Gasteiger partial charge is 0.336 e. The molecule has 0 N–H and O–H groups in total. The summed E-state index contributed by atoms with van der Waals surface area (Å²) in [7, 11) is 0. The van der Waals surface area contributed by atoms with Crippen LogP contribution in [0.5, 0.6) is 0 Å². The molecule has 0 spiro atoms. The van der Waals surface area contributed by atoms with Gasteiger partial charge >= 0.3 is 5.63 Å². The van der Waals surface area contributed by atoms with Gasteiger partial charge in [-0.3, -0.25) is 9.36 Å². The van der Waals surface area contributed by atoms with E-state index >= 15 is 0 Å². The van der Waals surface area contributed by atoms with Crippen molar-refractivity contribution in [2.75, 3.05) is 0 Å². The van der Waals surface area contributed by atoms with Gasteiger partial charge in [0.25, 0.3) is 5.56 Å². The molecule has 0 aliphatic carbocycles. The SMILES string of the molecule is O=c1cc(Cn2cnc3c(oc4ccccc43)c2=O)c2c(ccc3ccccc32)o1. The number of para-hydroxylation sites is 1. The predicted molar refractivity (Wildman–Crippen MR) is 115 cm³/mol. The first-order valence-corrected chi connectivity index (χ1v) is 9.50. The van der Waals surface area contributed by atoms with Crippen molar-refractivity contribution in [2.45, 2.75) is 6.54 Å². The van der Waals surface area contributed by atoms with Crippen LogP contribution in [-0.4, -0.2) is 9.55 Å². The van der Waals surface area contributed by atoms with Gasteiger partial charge < -0.3 is 8.83 Å². The lowest BCUT2D eigenvalue weighted by Gasteiger charge is -2.10. The van der Waals surface area contributed by atoms with E-state index < -0.39 is 5.63 Å². The Labute approximate surface area is 168 Å². The molecular formula is C24H14N2O4. The van der Waals surface area contributed by atoms with Crippen molar-refractivity contribution in [1.82, 2.24) is 9.55 Å². The van der Waals surface area contributed by atoms with Gasteiger partial charge in [0.15, 0.2) is 0 Å². The van der Waals surface area contributed by atoms with Gasteiger partial charge in [-0.25, -0.2) is 9.78 Å². The lowest BCUT2D eigenvalue weighted by Crippen LogP contribution is -2.21. The molecule has 3 aromatic heterocycles. The van der Waals surface area contributed by atoms with Crippen LogP contribution < -0.4 is 11.2 Å². The van der Waals surface area contributed by atoms with E-state index in [1.807, 2.05) is 54.6 Å². The molecule has 3 aromatic carbocycles. The van der Waals surface area contributed by atoms with Gasteiger partial charge in [-0.15, -0.1) is 0 Å². The summed E-state index contributed by atoms with van der Waals surface area (Å²) in [5.41, 5.74) is 1.79. The second-order valence-electron chi connectivity index (χ2n) is 7.20. The first-order valence-electron chi connectivity index (χ1n) is 9.50. The lowest BCUT2D eigenvalue weighted by atomic mass is 10.0. The lowest BCUT2D eigenvalue weighted by molar-refractivity contribution is 0.557. The van der Waals surface area contributed by atoms with Crippen LogP contribution in [0.3, 0.4) is 0 Å². The van der Waals surface area contributed by atoms with Crippen LogP contribution in [0.4, 0.5) is 0 Å². The molecule has 0 bridgehead atoms. The molecule has 0 amide bonds. The zero-order valence-electron chi connectivity index (χ0n) is 15.7. The highest BCUT2D eigenvalue weighted by atomic mass is 16.4. The van der Waals surface area contributed by atoms with Crippen LogP contribution in [-0.2, 0) is 6.54 Å². The molecule has 0 atom stereocenters. The topological polar surface area (TPSA) is 78.2 Å². The second-order valence-corrected chi connectivity index (χ2v) is 7.20. The number of benzene rings is 3. The standard InChI is InChI=1S/C24H14N2O4/c27-20-11-15(21-16-6-2-1-5-14(16)9-10-19(21)29-20)12-26-13-25-22-17-7-3-4-8-18(17)30-23(22)24(26)28/h1-11,13H,12H2. The maximum atomic E-state index is 13.1. The van der Waals surface area contributed by atoms with E-state index in [0.717, 1.165) is 21.5 Å². The number of rotatable bonds is 2. The van der Waals surface area contributed by atoms with E-state index in [4.69, 9.17) is 8.83 Å². The average molecular weight is 394 g/mol. The zero-order chi connectivity index (χ0) is 20.2. The summed E-state index contributed by atoms with van der Waals surface area (Å²) in [6, 6.07) is 20.4. The fraction of sp³-hybridized carbons (Fsp3) is 0.0417. The van der Waals surface area contributed by atoms with Crippen molar-refractivity contribution in [3.05, 3.63) is 99.4 Å². The Bertz CT molecular complexity index is 1720. The Morgan fingerprint density at radius 3 is 2.53 bits per heavy atom. The second kappa shape index (κ2) is 6.15. The van der Waals surface area contributed by atoms with E-state index in [2.05, 4.69) is 4.98 Å². The molecule has 6 rings (SSSR count). The molecule has 0 saturated carbocycles. The zero-order valence-corrected chi connectivity index (χ0v) is 15.7. The summed E-state index contributed by atoms with van der Waals surface area (Å²) in [6.07, 6.45) is 1.50. The van der Waals surface area contributed by atoms with Crippen LogP contribution in [0.1, 0.15) is 5.56 Å². The van der Waals surface area contributed by atoms with Gasteiger partial charge in [0.1, 0.15) is 16.7 Å². The molecule has 0 aliphatic rings. The Hall–Kier alpha value is -4.19. The summed E-state index contributed by atoms with van der Waals surface area (Å²) in [6.45, 7) is 0.176. The molecule has 30 heavy (non-hydrogen) atoms. The van der Waals surface area contributed by atoms with Crippen LogP contribution in [0.15, 0.2) is 91.5 Å². The highest BCUT2D eigenvalue weighted by molar-refractivity contribution is 6.07. The summed E-state index contributed by atoms with van der Waals surface area (Å²) in [4.78, 5) is 29.7. The van der Waals surface area contributed by atoms with Crippen LogP contribution in [0.25, 0.3) is 43.8 Å². The van der Waals surface area contributed by atoms with Gasteiger partial charge in [-0.2, -0.15) is 0 Å². The Morgan fingerprint density at radius 2 is 1.63 bits per heavy atom. The maximum absolute atomic E-state index is 13.1. The van der Waals surface area contributed by atoms with Crippen molar-refractivity contribution in [2.24, 2.45) is 0 Å². The molecule has 6 aromatic rings. The number of hydrogen-bond acceptors (Lipinski definition) is 5. The van der Waals surface area contributed by atoms with Crippen LogP contribution >= 0.6 is 0 Å².